The van der Waals surface area contributed by atoms with E-state index in [2.05, 4.69) is 47.2 Å². The zero-order chi connectivity index (χ0) is 20.2. The molecule has 2 nitrogen and oxygen atoms in total. The van der Waals surface area contributed by atoms with Crippen LogP contribution in [-0.4, -0.2) is 4.57 Å². The van der Waals surface area contributed by atoms with Gasteiger partial charge in [0.2, 0.25) is 0 Å². The molecule has 0 radical (unpaired) electrons. The molecule has 0 amide bonds. The average Bonchev–Trinajstić information content (AvgIpc) is 3.11. The van der Waals surface area contributed by atoms with Crippen molar-refractivity contribution in [1.82, 2.24) is 4.57 Å². The molecule has 0 saturated carbocycles. The van der Waals surface area contributed by atoms with Crippen LogP contribution in [-0.2, 0) is 13.0 Å². The van der Waals surface area contributed by atoms with E-state index in [1.807, 2.05) is 36.4 Å². The fourth-order valence-electron chi connectivity index (χ4n) is 3.23. The zero-order valence-corrected chi connectivity index (χ0v) is 18.3. The van der Waals surface area contributed by atoms with Gasteiger partial charge < -0.3 is 4.57 Å². The summed E-state index contributed by atoms with van der Waals surface area (Å²) >= 11 is 14.3. The molecule has 29 heavy (non-hydrogen) atoms. The van der Waals surface area contributed by atoms with Crippen molar-refractivity contribution in [1.29, 1.82) is 0 Å². The monoisotopic (exact) mass is 438 g/mol. The largest absolute Gasteiger partial charge is 0.316 e. The van der Waals surface area contributed by atoms with Gasteiger partial charge in [-0.3, -0.25) is 0 Å². The highest BCUT2D eigenvalue weighted by atomic mass is 35.5. The Labute approximate surface area is 184 Å². The normalized spacial score (nSPS) is 11.8. The van der Waals surface area contributed by atoms with Gasteiger partial charge in [0.15, 0.2) is 4.80 Å². The van der Waals surface area contributed by atoms with E-state index >= 15 is 0 Å². The first-order chi connectivity index (χ1) is 14.1. The molecular formula is C24H20Cl2N2S. The summed E-state index contributed by atoms with van der Waals surface area (Å²) in [4.78, 5) is 5.91. The molecule has 0 bridgehead atoms. The first-order valence-electron chi connectivity index (χ1n) is 9.40. The van der Waals surface area contributed by atoms with E-state index < -0.39 is 0 Å². The standard InChI is InChI=1S/C24H20Cl2N2S/c1-17-7-5-6-10-22(17)27-24-28(14-13-18-8-3-2-4-9-18)23(16-29-24)20-12-11-19(25)15-21(20)26/h2-12,15-16H,13-14H2,1H3. The smallest absolute Gasteiger partial charge is 0.190 e. The summed E-state index contributed by atoms with van der Waals surface area (Å²) < 4.78 is 2.25. The molecule has 0 fully saturated rings. The van der Waals surface area contributed by atoms with E-state index in [0.717, 1.165) is 40.3 Å². The van der Waals surface area contributed by atoms with E-state index in [-0.39, 0.29) is 0 Å². The molecule has 4 rings (SSSR count). The number of nitrogens with zero attached hydrogens (tertiary/aromatic N) is 2. The number of benzene rings is 3. The Balaban J connectivity index is 1.81. The van der Waals surface area contributed by atoms with Crippen molar-refractivity contribution in [2.75, 3.05) is 0 Å². The number of hydrogen-bond acceptors (Lipinski definition) is 2. The minimum atomic E-state index is 0.634. The van der Waals surface area contributed by atoms with Crippen LogP contribution in [0.1, 0.15) is 11.1 Å². The molecule has 3 aromatic carbocycles. The van der Waals surface area contributed by atoms with Crippen LogP contribution < -0.4 is 4.80 Å². The van der Waals surface area contributed by atoms with Gasteiger partial charge in [0, 0.05) is 22.5 Å². The predicted octanol–water partition coefficient (Wildman–Crippen LogP) is 7.31. The number of thiazole rings is 1. The van der Waals surface area contributed by atoms with Crippen LogP contribution in [0, 0.1) is 6.92 Å². The first-order valence-corrected chi connectivity index (χ1v) is 11.0. The van der Waals surface area contributed by atoms with E-state index in [9.17, 15) is 0 Å². The minimum Gasteiger partial charge on any atom is -0.316 e. The van der Waals surface area contributed by atoms with Crippen LogP contribution in [0.4, 0.5) is 5.69 Å². The lowest BCUT2D eigenvalue weighted by Crippen LogP contribution is -2.17. The highest BCUT2D eigenvalue weighted by Crippen LogP contribution is 2.31. The number of aryl methyl sites for hydroxylation is 2. The highest BCUT2D eigenvalue weighted by molar-refractivity contribution is 7.07. The first kappa shape index (κ1) is 20.0. The quantitative estimate of drug-likeness (QED) is 0.310. The topological polar surface area (TPSA) is 17.3 Å². The number of hydrogen-bond donors (Lipinski definition) is 0. The van der Waals surface area contributed by atoms with Crippen LogP contribution in [0.15, 0.2) is 83.2 Å². The van der Waals surface area contributed by atoms with Crippen molar-refractivity contribution < 1.29 is 0 Å². The number of halogens is 2. The van der Waals surface area contributed by atoms with Crippen LogP contribution in [0.2, 0.25) is 10.0 Å². The van der Waals surface area contributed by atoms with Gasteiger partial charge in [-0.2, -0.15) is 0 Å². The number of para-hydroxylation sites is 1. The maximum absolute atomic E-state index is 6.52. The van der Waals surface area contributed by atoms with Gasteiger partial charge in [-0.05, 0) is 48.7 Å². The third-order valence-electron chi connectivity index (χ3n) is 4.80. The molecule has 5 heteroatoms. The van der Waals surface area contributed by atoms with Crippen molar-refractivity contribution in [2.45, 2.75) is 19.9 Å². The SMILES string of the molecule is Cc1ccccc1N=c1scc(-c2ccc(Cl)cc2Cl)n1CCc1ccccc1. The molecule has 1 aromatic heterocycles. The Morgan fingerprint density at radius 3 is 2.45 bits per heavy atom. The van der Waals surface area contributed by atoms with Crippen LogP contribution >= 0.6 is 34.5 Å². The van der Waals surface area contributed by atoms with Gasteiger partial charge in [-0.25, -0.2) is 4.99 Å². The van der Waals surface area contributed by atoms with Crippen LogP contribution in [0.25, 0.3) is 11.3 Å². The third kappa shape index (κ3) is 4.64. The zero-order valence-electron chi connectivity index (χ0n) is 16.0. The highest BCUT2D eigenvalue weighted by Gasteiger charge is 2.12. The second-order valence-electron chi connectivity index (χ2n) is 6.81. The summed E-state index contributed by atoms with van der Waals surface area (Å²) in [5.74, 6) is 0. The Morgan fingerprint density at radius 2 is 1.69 bits per heavy atom. The van der Waals surface area contributed by atoms with Crippen molar-refractivity contribution in [3.63, 3.8) is 0 Å². The lowest BCUT2D eigenvalue weighted by atomic mass is 10.1. The van der Waals surface area contributed by atoms with E-state index in [1.54, 1.807) is 17.4 Å². The Hall–Kier alpha value is -2.33. The summed E-state index contributed by atoms with van der Waals surface area (Å²) in [6.45, 7) is 2.89. The fraction of sp³-hybridized carbons (Fsp3) is 0.125. The molecule has 0 aliphatic carbocycles. The summed E-state index contributed by atoms with van der Waals surface area (Å²) in [7, 11) is 0. The summed E-state index contributed by atoms with van der Waals surface area (Å²) in [5.41, 5.74) is 5.45. The lowest BCUT2D eigenvalue weighted by Gasteiger charge is -2.11. The predicted molar refractivity (Wildman–Crippen MR) is 124 cm³/mol. The minimum absolute atomic E-state index is 0.634. The van der Waals surface area contributed by atoms with Crippen molar-refractivity contribution in [3.8, 4) is 11.3 Å². The molecule has 0 aliphatic heterocycles. The average molecular weight is 439 g/mol. The van der Waals surface area contributed by atoms with Gasteiger partial charge in [0.05, 0.1) is 16.4 Å². The molecular weight excluding hydrogens is 419 g/mol. The van der Waals surface area contributed by atoms with Crippen molar-refractivity contribution in [3.05, 3.63) is 104 Å². The second kappa shape index (κ2) is 9.00. The Bertz CT molecular complexity index is 1190. The molecule has 0 N–H and O–H groups in total. The number of rotatable bonds is 5. The van der Waals surface area contributed by atoms with Gasteiger partial charge in [0.1, 0.15) is 0 Å². The van der Waals surface area contributed by atoms with Crippen molar-refractivity contribution in [2.24, 2.45) is 4.99 Å². The van der Waals surface area contributed by atoms with Gasteiger partial charge >= 0.3 is 0 Å². The molecule has 146 valence electrons. The molecule has 0 spiro atoms. The molecule has 1 heterocycles. The third-order valence-corrected chi connectivity index (χ3v) is 6.21. The molecule has 4 aromatic rings. The molecule has 0 aliphatic rings. The maximum Gasteiger partial charge on any atom is 0.190 e. The summed E-state index contributed by atoms with van der Waals surface area (Å²) in [6, 6.07) is 24.3. The lowest BCUT2D eigenvalue weighted by molar-refractivity contribution is 0.684. The molecule has 0 saturated heterocycles. The Morgan fingerprint density at radius 1 is 0.931 bits per heavy atom. The van der Waals surface area contributed by atoms with Gasteiger partial charge in [-0.1, -0.05) is 71.7 Å². The van der Waals surface area contributed by atoms with E-state index in [0.29, 0.717) is 10.0 Å². The molecule has 0 atom stereocenters. The van der Waals surface area contributed by atoms with E-state index in [1.165, 1.54) is 5.56 Å². The van der Waals surface area contributed by atoms with Crippen LogP contribution in [0.3, 0.4) is 0 Å². The fourth-order valence-corrected chi connectivity index (χ4v) is 4.67. The molecule has 0 unspecified atom stereocenters. The van der Waals surface area contributed by atoms with E-state index in [4.69, 9.17) is 28.2 Å². The van der Waals surface area contributed by atoms with Crippen molar-refractivity contribution >= 4 is 40.2 Å². The second-order valence-corrected chi connectivity index (χ2v) is 8.49. The Kier molecular flexibility index (Phi) is 6.19. The maximum atomic E-state index is 6.52. The summed E-state index contributed by atoms with van der Waals surface area (Å²) in [5, 5.41) is 3.40. The van der Waals surface area contributed by atoms with Crippen LogP contribution in [0.5, 0.6) is 0 Å². The van der Waals surface area contributed by atoms with Gasteiger partial charge in [0.25, 0.3) is 0 Å². The number of aromatic nitrogens is 1. The summed E-state index contributed by atoms with van der Waals surface area (Å²) in [6.07, 6.45) is 0.913. The van der Waals surface area contributed by atoms with Gasteiger partial charge in [-0.15, -0.1) is 11.3 Å².